The fourth-order valence-corrected chi connectivity index (χ4v) is 2.41. The highest BCUT2D eigenvalue weighted by atomic mass is 35.5. The van der Waals surface area contributed by atoms with Crippen molar-refractivity contribution < 1.29 is 30.8 Å². The maximum atomic E-state index is 13.9. The molecule has 0 fully saturated rings. The van der Waals surface area contributed by atoms with Crippen molar-refractivity contribution in [2.75, 3.05) is 13.6 Å². The Morgan fingerprint density at radius 1 is 1.38 bits per heavy atom. The summed E-state index contributed by atoms with van der Waals surface area (Å²) < 4.78 is 72.9. The Morgan fingerprint density at radius 3 is 2.33 bits per heavy atom. The van der Waals surface area contributed by atoms with Crippen LogP contribution >= 0.6 is 11.6 Å². The number of carbonyl (C=O) groups is 1. The van der Waals surface area contributed by atoms with Crippen molar-refractivity contribution in [3.63, 3.8) is 0 Å². The Labute approximate surface area is 122 Å². The number of nitrogens with two attached hydrogens (primary N) is 1. The third-order valence-corrected chi connectivity index (χ3v) is 3.43. The van der Waals surface area contributed by atoms with Crippen LogP contribution in [0.2, 0.25) is 5.02 Å². The predicted molar refractivity (Wildman–Crippen MR) is 65.8 cm³/mol. The molecular weight excluding hydrogens is 340 g/mol. The first kappa shape index (κ1) is 17.7. The molecule has 118 valence electrons. The smallest absolute Gasteiger partial charge is 0.333 e. The maximum absolute atomic E-state index is 13.9. The molecule has 1 amide bonds. The van der Waals surface area contributed by atoms with E-state index in [1.807, 2.05) is 0 Å². The minimum Gasteiger partial charge on any atom is -0.333 e. The highest BCUT2D eigenvalue weighted by Gasteiger charge is 2.33. The van der Waals surface area contributed by atoms with Crippen molar-refractivity contribution in [3.8, 4) is 0 Å². The molecule has 21 heavy (non-hydrogen) atoms. The van der Waals surface area contributed by atoms with Gasteiger partial charge in [0.05, 0.1) is 5.56 Å². The van der Waals surface area contributed by atoms with Crippen molar-refractivity contribution in [1.82, 2.24) is 4.90 Å². The highest BCUT2D eigenvalue weighted by molar-refractivity contribution is 7.89. The summed E-state index contributed by atoms with van der Waals surface area (Å²) >= 11 is 5.53. The van der Waals surface area contributed by atoms with Gasteiger partial charge in [0, 0.05) is 12.1 Å². The monoisotopic (exact) mass is 348 g/mol. The second-order valence-corrected chi connectivity index (χ2v) is 6.05. The van der Waals surface area contributed by atoms with Gasteiger partial charge in [-0.2, -0.15) is 13.2 Å². The molecule has 0 aromatic heterocycles. The largest absolute Gasteiger partial charge is 0.406 e. The van der Waals surface area contributed by atoms with Gasteiger partial charge in [-0.15, -0.1) is 0 Å². The van der Waals surface area contributed by atoms with Crippen LogP contribution in [-0.2, 0) is 10.0 Å². The van der Waals surface area contributed by atoms with E-state index in [1.54, 1.807) is 0 Å². The van der Waals surface area contributed by atoms with E-state index in [2.05, 4.69) is 0 Å². The molecule has 0 aliphatic rings. The average Bonchev–Trinajstić information content (AvgIpc) is 2.27. The molecule has 0 heterocycles. The van der Waals surface area contributed by atoms with Gasteiger partial charge in [-0.3, -0.25) is 4.79 Å². The molecule has 0 unspecified atom stereocenters. The van der Waals surface area contributed by atoms with Crippen molar-refractivity contribution >= 4 is 27.5 Å². The van der Waals surface area contributed by atoms with Crippen LogP contribution in [0.15, 0.2) is 17.0 Å². The van der Waals surface area contributed by atoms with Gasteiger partial charge in [0.2, 0.25) is 10.0 Å². The summed E-state index contributed by atoms with van der Waals surface area (Å²) in [5, 5.41) is 4.38. The summed E-state index contributed by atoms with van der Waals surface area (Å²) in [6, 6.07) is 1.38. The molecule has 1 aromatic rings. The van der Waals surface area contributed by atoms with Crippen molar-refractivity contribution in [1.29, 1.82) is 0 Å². The molecule has 0 aliphatic carbocycles. The fraction of sp³-hybridized carbons (Fsp3) is 0.300. The number of benzene rings is 1. The van der Waals surface area contributed by atoms with E-state index in [9.17, 15) is 30.8 Å². The first-order valence-corrected chi connectivity index (χ1v) is 7.09. The number of alkyl halides is 3. The average molecular weight is 349 g/mol. The number of rotatable bonds is 3. The van der Waals surface area contributed by atoms with Gasteiger partial charge in [-0.1, -0.05) is 11.6 Å². The Hall–Kier alpha value is -1.39. The Kier molecular flexibility index (Phi) is 4.86. The molecule has 0 aliphatic heterocycles. The van der Waals surface area contributed by atoms with Gasteiger partial charge in [-0.25, -0.2) is 17.9 Å². The van der Waals surface area contributed by atoms with E-state index in [0.717, 1.165) is 13.1 Å². The third-order valence-electron chi connectivity index (χ3n) is 2.30. The molecule has 0 radical (unpaired) electrons. The van der Waals surface area contributed by atoms with E-state index in [0.29, 0.717) is 6.07 Å². The minimum atomic E-state index is -4.69. The van der Waals surface area contributed by atoms with Crippen molar-refractivity contribution in [3.05, 3.63) is 28.5 Å². The zero-order valence-electron chi connectivity index (χ0n) is 10.4. The summed E-state index contributed by atoms with van der Waals surface area (Å²) in [6.07, 6.45) is -4.69. The number of primary sulfonamides is 1. The molecule has 0 bridgehead atoms. The van der Waals surface area contributed by atoms with Gasteiger partial charge < -0.3 is 4.90 Å². The van der Waals surface area contributed by atoms with Crippen LogP contribution in [0.4, 0.5) is 17.6 Å². The summed E-state index contributed by atoms with van der Waals surface area (Å²) in [4.78, 5) is 10.9. The van der Waals surface area contributed by atoms with E-state index in [-0.39, 0.29) is 9.92 Å². The van der Waals surface area contributed by atoms with Gasteiger partial charge in [-0.05, 0) is 12.1 Å². The van der Waals surface area contributed by atoms with Crippen LogP contribution in [0.25, 0.3) is 0 Å². The Bertz CT molecular complexity index is 676. The second-order valence-electron chi connectivity index (χ2n) is 4.09. The van der Waals surface area contributed by atoms with E-state index in [4.69, 9.17) is 16.7 Å². The van der Waals surface area contributed by atoms with Crippen LogP contribution < -0.4 is 5.14 Å². The zero-order chi connectivity index (χ0) is 16.6. The normalized spacial score (nSPS) is 12.3. The molecule has 11 heteroatoms. The number of hydrogen-bond acceptors (Lipinski definition) is 3. The summed E-state index contributed by atoms with van der Waals surface area (Å²) in [5.41, 5.74) is -0.918. The number of carbonyl (C=O) groups excluding carboxylic acids is 1. The van der Waals surface area contributed by atoms with Gasteiger partial charge in [0.25, 0.3) is 5.91 Å². The standard InChI is InChI=1S/C10H9ClF4N2O3S/c1-17(4-10(13,14)15)9(18)6-2-5(11)3-7(8(6)12)21(16,19)20/h2-3H,4H2,1H3,(H2,16,19,20). The molecule has 0 saturated carbocycles. The molecule has 1 rings (SSSR count). The lowest BCUT2D eigenvalue weighted by molar-refractivity contribution is -0.138. The quantitative estimate of drug-likeness (QED) is 0.845. The summed E-state index contributed by atoms with van der Waals surface area (Å²) in [6.45, 7) is -1.64. The topological polar surface area (TPSA) is 80.5 Å². The number of nitrogens with zero attached hydrogens (tertiary/aromatic N) is 1. The van der Waals surface area contributed by atoms with Crippen LogP contribution in [0.1, 0.15) is 10.4 Å². The first-order valence-electron chi connectivity index (χ1n) is 5.17. The number of sulfonamides is 1. The van der Waals surface area contributed by atoms with Gasteiger partial charge >= 0.3 is 6.18 Å². The van der Waals surface area contributed by atoms with Crippen LogP contribution in [0, 0.1) is 5.82 Å². The van der Waals surface area contributed by atoms with E-state index in [1.165, 1.54) is 0 Å². The predicted octanol–water partition coefficient (Wildman–Crippen LogP) is 1.76. The zero-order valence-corrected chi connectivity index (χ0v) is 12.0. The van der Waals surface area contributed by atoms with E-state index < -0.39 is 44.9 Å². The lowest BCUT2D eigenvalue weighted by atomic mass is 10.2. The van der Waals surface area contributed by atoms with Crippen molar-refractivity contribution in [2.24, 2.45) is 5.14 Å². The lowest BCUT2D eigenvalue weighted by Gasteiger charge is -2.19. The minimum absolute atomic E-state index is 0.182. The maximum Gasteiger partial charge on any atom is 0.406 e. The van der Waals surface area contributed by atoms with Crippen LogP contribution in [0.5, 0.6) is 0 Å². The third kappa shape index (κ3) is 4.55. The summed E-state index contributed by atoms with van der Waals surface area (Å²) in [7, 11) is -3.74. The number of hydrogen-bond donors (Lipinski definition) is 1. The molecule has 2 N–H and O–H groups in total. The molecule has 0 spiro atoms. The highest BCUT2D eigenvalue weighted by Crippen LogP contribution is 2.25. The Morgan fingerprint density at radius 2 is 1.90 bits per heavy atom. The van der Waals surface area contributed by atoms with Crippen LogP contribution in [-0.4, -0.2) is 39.0 Å². The molecule has 0 atom stereocenters. The molecule has 1 aromatic carbocycles. The first-order chi connectivity index (χ1) is 9.33. The van der Waals surface area contributed by atoms with Gasteiger partial charge in [0.1, 0.15) is 11.4 Å². The van der Waals surface area contributed by atoms with E-state index >= 15 is 0 Å². The van der Waals surface area contributed by atoms with Gasteiger partial charge in [0.15, 0.2) is 5.82 Å². The molecule has 0 saturated heterocycles. The summed E-state index contributed by atoms with van der Waals surface area (Å²) in [5.74, 6) is -2.93. The molecule has 5 nitrogen and oxygen atoms in total. The molecular formula is C10H9ClF4N2O3S. The Balaban J connectivity index is 3.32. The van der Waals surface area contributed by atoms with Crippen LogP contribution in [0.3, 0.4) is 0 Å². The SMILES string of the molecule is CN(CC(F)(F)F)C(=O)c1cc(Cl)cc(S(N)(=O)=O)c1F. The second kappa shape index (κ2) is 5.78. The fourth-order valence-electron chi connectivity index (χ4n) is 1.47. The lowest BCUT2D eigenvalue weighted by Crippen LogP contribution is -2.36. The number of halogens is 5. The number of amides is 1. The van der Waals surface area contributed by atoms with Crippen molar-refractivity contribution in [2.45, 2.75) is 11.1 Å².